The summed E-state index contributed by atoms with van der Waals surface area (Å²) in [6, 6.07) is 5.06. The number of thioether (sulfide) groups is 1. The van der Waals surface area contributed by atoms with Crippen molar-refractivity contribution in [3.8, 4) is 5.75 Å². The molecule has 0 aliphatic carbocycles. The van der Waals surface area contributed by atoms with Gasteiger partial charge in [-0.15, -0.1) is 11.8 Å². The maximum absolute atomic E-state index is 12.9. The molecule has 4 rings (SSSR count). The Hall–Kier alpha value is -3.32. The van der Waals surface area contributed by atoms with Crippen LogP contribution in [0.4, 0.5) is 18.9 Å². The molecule has 174 valence electrons. The lowest BCUT2D eigenvalue weighted by atomic mass is 10.0. The lowest BCUT2D eigenvalue weighted by molar-refractivity contribution is -0.201. The van der Waals surface area contributed by atoms with Gasteiger partial charge in [0.05, 0.1) is 0 Å². The zero-order valence-electron chi connectivity index (χ0n) is 16.7. The normalized spacial score (nSPS) is 24.2. The zero-order valence-corrected chi connectivity index (χ0v) is 17.5. The van der Waals surface area contributed by atoms with Crippen molar-refractivity contribution in [2.24, 2.45) is 5.73 Å². The van der Waals surface area contributed by atoms with E-state index in [4.69, 9.17) is 5.73 Å². The van der Waals surface area contributed by atoms with Crippen molar-refractivity contribution in [2.45, 2.75) is 24.0 Å². The van der Waals surface area contributed by atoms with Crippen molar-refractivity contribution in [1.82, 2.24) is 4.90 Å². The van der Waals surface area contributed by atoms with Gasteiger partial charge in [-0.05, 0) is 30.2 Å². The number of β-lactam (4-membered cyclic amide) rings is 1. The van der Waals surface area contributed by atoms with Gasteiger partial charge in [0, 0.05) is 29.6 Å². The third-order valence-corrected chi connectivity index (χ3v) is 6.59. The van der Waals surface area contributed by atoms with Gasteiger partial charge in [-0.25, -0.2) is 9.59 Å². The molecule has 1 aromatic carbocycles. The number of anilines is 1. The molecule has 2 amide bonds. The number of carbonyl (C=O) groups is 4. The molecule has 3 heterocycles. The summed E-state index contributed by atoms with van der Waals surface area (Å²) in [5, 5.41) is 8.95. The van der Waals surface area contributed by atoms with Gasteiger partial charge >= 0.3 is 18.1 Å². The molecular formula is C20H16F3N3O6S. The molecule has 2 saturated heterocycles. The Balaban J connectivity index is 1.67. The Kier molecular flexibility index (Phi) is 5.70. The van der Waals surface area contributed by atoms with Gasteiger partial charge < -0.3 is 20.5 Å². The van der Waals surface area contributed by atoms with Crippen LogP contribution in [0.15, 0.2) is 47.2 Å². The highest BCUT2D eigenvalue weighted by Gasteiger charge is 2.53. The number of carbonyl (C=O) groups excluding carboxylic acids is 4. The van der Waals surface area contributed by atoms with Gasteiger partial charge in [-0.2, -0.15) is 13.2 Å². The van der Waals surface area contributed by atoms with E-state index < -0.39 is 47.0 Å². The smallest absolute Gasteiger partial charge is 0.491 e. The van der Waals surface area contributed by atoms with Crippen LogP contribution in [0.1, 0.15) is 6.42 Å². The third kappa shape index (κ3) is 4.09. The van der Waals surface area contributed by atoms with Crippen molar-refractivity contribution in [3.05, 3.63) is 47.2 Å². The predicted octanol–water partition coefficient (Wildman–Crippen LogP) is 1.18. The molecule has 2 fully saturated rings. The maximum Gasteiger partial charge on any atom is 0.491 e. The number of benzene rings is 1. The first-order valence-corrected chi connectivity index (χ1v) is 10.6. The number of amides is 2. The summed E-state index contributed by atoms with van der Waals surface area (Å²) in [6.45, 7) is 0.261. The number of hydrogen-bond donors (Lipinski definition) is 2. The molecule has 1 aromatic rings. The topological polar surface area (TPSA) is 130 Å². The van der Waals surface area contributed by atoms with Gasteiger partial charge in [0.2, 0.25) is 5.91 Å². The largest absolute Gasteiger partial charge is 0.508 e. The minimum absolute atomic E-state index is 0.0397. The summed E-state index contributed by atoms with van der Waals surface area (Å²) in [6.07, 6.45) is -3.85. The minimum atomic E-state index is -5.41. The van der Waals surface area contributed by atoms with Crippen molar-refractivity contribution >= 4 is 41.2 Å². The van der Waals surface area contributed by atoms with Crippen LogP contribution in [0.3, 0.4) is 0 Å². The van der Waals surface area contributed by atoms with Crippen LogP contribution >= 0.6 is 11.8 Å². The number of fused-ring (bicyclic) bond motifs is 1. The molecule has 0 saturated carbocycles. The summed E-state index contributed by atoms with van der Waals surface area (Å²) in [5.41, 5.74) is 5.90. The van der Waals surface area contributed by atoms with Crippen LogP contribution in [0.2, 0.25) is 0 Å². The number of hydrogen-bond acceptors (Lipinski definition) is 8. The van der Waals surface area contributed by atoms with E-state index in [1.807, 2.05) is 0 Å². The fourth-order valence-electron chi connectivity index (χ4n) is 3.70. The number of phenols is 1. The van der Waals surface area contributed by atoms with E-state index in [1.165, 1.54) is 34.9 Å². The first-order valence-electron chi connectivity index (χ1n) is 9.57. The molecule has 13 heteroatoms. The summed E-state index contributed by atoms with van der Waals surface area (Å²) in [7, 11) is 0. The van der Waals surface area contributed by atoms with Gasteiger partial charge in [0.25, 0.3) is 5.91 Å². The van der Waals surface area contributed by atoms with Crippen LogP contribution in [-0.4, -0.2) is 63.6 Å². The van der Waals surface area contributed by atoms with Crippen molar-refractivity contribution in [3.63, 3.8) is 0 Å². The van der Waals surface area contributed by atoms with E-state index >= 15 is 0 Å². The number of aromatic hydroxyl groups is 1. The monoisotopic (exact) mass is 483 g/mol. The number of ether oxygens (including phenoxy) is 1. The Morgan fingerprint density at radius 1 is 1.27 bits per heavy atom. The maximum atomic E-state index is 12.9. The SMILES string of the molecule is N[C@@H]1C(=O)N2C(C(=O)OC(=O)C(F)(F)F)=C(/C=C3\CCN(c4cccc(O)c4)C3=O)CS[C@H]12. The molecule has 3 N–H and O–H groups in total. The summed E-state index contributed by atoms with van der Waals surface area (Å²) >= 11 is 1.17. The fraction of sp³-hybridized carbons (Fsp3) is 0.300. The van der Waals surface area contributed by atoms with E-state index in [0.717, 1.165) is 4.90 Å². The lowest BCUT2D eigenvalue weighted by Gasteiger charge is -2.48. The summed E-state index contributed by atoms with van der Waals surface area (Å²) < 4.78 is 41.7. The molecular weight excluding hydrogens is 467 g/mol. The van der Waals surface area contributed by atoms with E-state index in [-0.39, 0.29) is 35.6 Å². The quantitative estimate of drug-likeness (QED) is 0.284. The van der Waals surface area contributed by atoms with E-state index in [1.54, 1.807) is 12.1 Å². The summed E-state index contributed by atoms with van der Waals surface area (Å²) in [5.74, 6) is -5.51. The Labute approximate surface area is 188 Å². The molecule has 33 heavy (non-hydrogen) atoms. The molecule has 9 nitrogen and oxygen atoms in total. The third-order valence-electron chi connectivity index (χ3n) is 5.26. The number of allylic oxidation sites excluding steroid dienone is 1. The second-order valence-corrected chi connectivity index (χ2v) is 8.49. The van der Waals surface area contributed by atoms with E-state index in [9.17, 15) is 37.5 Å². The Bertz CT molecular complexity index is 1130. The lowest BCUT2D eigenvalue weighted by Crippen LogP contribution is -2.68. The zero-order chi connectivity index (χ0) is 24.1. The Morgan fingerprint density at radius 3 is 2.67 bits per heavy atom. The molecule has 0 radical (unpaired) electrons. The van der Waals surface area contributed by atoms with Gasteiger partial charge in [-0.3, -0.25) is 14.5 Å². The molecule has 0 bridgehead atoms. The summed E-state index contributed by atoms with van der Waals surface area (Å²) in [4.78, 5) is 51.1. The molecule has 0 unspecified atom stereocenters. The molecule has 2 atom stereocenters. The first kappa shape index (κ1) is 22.9. The van der Waals surface area contributed by atoms with Gasteiger partial charge in [0.15, 0.2) is 0 Å². The average molecular weight is 483 g/mol. The number of esters is 2. The number of nitrogens with two attached hydrogens (primary N) is 1. The highest BCUT2D eigenvalue weighted by molar-refractivity contribution is 8.00. The van der Waals surface area contributed by atoms with E-state index in [0.29, 0.717) is 5.69 Å². The van der Waals surface area contributed by atoms with Crippen LogP contribution in [0, 0.1) is 0 Å². The van der Waals surface area contributed by atoms with Crippen molar-refractivity contribution < 1.29 is 42.2 Å². The van der Waals surface area contributed by atoms with Crippen LogP contribution in [-0.2, 0) is 23.9 Å². The number of alkyl halides is 3. The van der Waals surface area contributed by atoms with E-state index in [2.05, 4.69) is 4.74 Å². The van der Waals surface area contributed by atoms with Crippen molar-refractivity contribution in [1.29, 1.82) is 0 Å². The average Bonchev–Trinajstić information content (AvgIpc) is 3.12. The molecule has 3 aliphatic heterocycles. The molecule has 3 aliphatic rings. The number of phenolic OH excluding ortho intramolecular Hbond substituents is 1. The number of halogens is 3. The number of nitrogens with zero attached hydrogens (tertiary/aromatic N) is 2. The standard InChI is InChI=1S/C20H16F3N3O6S/c21-20(22,23)19(31)32-18(30)14-10(8-33-17-13(24)16(29)26(14)17)6-9-4-5-25(15(9)28)11-2-1-3-12(27)7-11/h1-3,6-7,13,17,27H,4-5,8,24H2/b9-6+/t13-,17-/m1/s1. The highest BCUT2D eigenvalue weighted by atomic mass is 32.2. The number of rotatable bonds is 3. The minimum Gasteiger partial charge on any atom is -0.508 e. The van der Waals surface area contributed by atoms with Gasteiger partial charge in [0.1, 0.15) is 22.9 Å². The van der Waals surface area contributed by atoms with Crippen LogP contribution in [0.5, 0.6) is 5.75 Å². The predicted molar refractivity (Wildman–Crippen MR) is 108 cm³/mol. The van der Waals surface area contributed by atoms with Crippen LogP contribution < -0.4 is 10.6 Å². The highest BCUT2D eigenvalue weighted by Crippen LogP contribution is 2.41. The van der Waals surface area contributed by atoms with Crippen LogP contribution in [0.25, 0.3) is 0 Å². The van der Waals surface area contributed by atoms with Gasteiger partial charge in [-0.1, -0.05) is 6.07 Å². The fourth-order valence-corrected chi connectivity index (χ4v) is 4.95. The Morgan fingerprint density at radius 2 is 2.00 bits per heavy atom. The second-order valence-electron chi connectivity index (χ2n) is 7.38. The second kappa shape index (κ2) is 8.23. The molecule has 0 aromatic heterocycles. The molecule has 0 spiro atoms. The van der Waals surface area contributed by atoms with Crippen molar-refractivity contribution in [2.75, 3.05) is 17.2 Å². The first-order chi connectivity index (χ1) is 15.5.